The lowest BCUT2D eigenvalue weighted by molar-refractivity contribution is -0.140. The predicted molar refractivity (Wildman–Crippen MR) is 131 cm³/mol. The third-order valence-electron chi connectivity index (χ3n) is 6.52. The number of nitrogens with one attached hydrogen (secondary N) is 1. The van der Waals surface area contributed by atoms with Crippen LogP contribution in [0.2, 0.25) is 0 Å². The molecule has 178 valence electrons. The summed E-state index contributed by atoms with van der Waals surface area (Å²) in [5.41, 5.74) is 1.83. The van der Waals surface area contributed by atoms with Gasteiger partial charge in [-0.05, 0) is 36.5 Å². The third-order valence-corrected chi connectivity index (χ3v) is 7.30. The van der Waals surface area contributed by atoms with Crippen LogP contribution in [-0.2, 0) is 22.4 Å². The number of piperidine rings is 1. The van der Waals surface area contributed by atoms with E-state index in [9.17, 15) is 19.5 Å². The first-order valence-corrected chi connectivity index (χ1v) is 12.0. The second kappa shape index (κ2) is 9.97. The third kappa shape index (κ3) is 4.84. The van der Waals surface area contributed by atoms with Crippen molar-refractivity contribution >= 4 is 39.5 Å². The fourth-order valence-electron chi connectivity index (χ4n) is 4.84. The summed E-state index contributed by atoms with van der Waals surface area (Å²) in [5, 5.41) is 17.6. The summed E-state index contributed by atoms with van der Waals surface area (Å²) in [6.45, 7) is 0.567. The molecule has 0 aliphatic carbocycles. The minimum atomic E-state index is -1.25. The quantitative estimate of drug-likeness (QED) is 0.577. The SMILES string of the molecule is CN1N=C2CCN(C(=O)C(CCc3ccccc3Br)NC(=O)O)CC2(Cc2ccccc2)C1=O. The number of carbonyl (C=O) groups excluding carboxylic acids is 2. The van der Waals surface area contributed by atoms with E-state index in [4.69, 9.17) is 0 Å². The zero-order chi connectivity index (χ0) is 24.3. The number of hydrazone groups is 1. The first-order chi connectivity index (χ1) is 16.3. The van der Waals surface area contributed by atoms with Gasteiger partial charge in [0.2, 0.25) is 5.91 Å². The molecule has 1 fully saturated rings. The van der Waals surface area contributed by atoms with Gasteiger partial charge in [-0.1, -0.05) is 64.5 Å². The van der Waals surface area contributed by atoms with Crippen LogP contribution in [-0.4, -0.2) is 64.8 Å². The molecule has 2 unspecified atom stereocenters. The fourth-order valence-corrected chi connectivity index (χ4v) is 5.33. The van der Waals surface area contributed by atoms with Gasteiger partial charge in [-0.15, -0.1) is 0 Å². The zero-order valence-corrected chi connectivity index (χ0v) is 20.5. The Labute approximate surface area is 206 Å². The van der Waals surface area contributed by atoms with Crippen molar-refractivity contribution in [2.75, 3.05) is 20.1 Å². The summed E-state index contributed by atoms with van der Waals surface area (Å²) in [6, 6.07) is 16.4. The maximum atomic E-state index is 13.5. The molecule has 0 bridgehead atoms. The van der Waals surface area contributed by atoms with E-state index in [0.29, 0.717) is 32.2 Å². The van der Waals surface area contributed by atoms with E-state index in [1.54, 1.807) is 11.9 Å². The number of aryl methyl sites for hydroxylation is 1. The standard InChI is InChI=1S/C25H27BrN4O4/c1-29-23(32)25(15-17-7-3-2-4-8-17)16-30(14-13-21(25)28-29)22(31)20(27-24(33)34)12-11-18-9-5-6-10-19(18)26/h2-10,20,27H,11-16H2,1H3,(H,33,34). The Bertz CT molecular complexity index is 1120. The van der Waals surface area contributed by atoms with Gasteiger partial charge in [0.25, 0.3) is 5.91 Å². The molecule has 4 rings (SSSR count). The number of hydrogen-bond donors (Lipinski definition) is 2. The van der Waals surface area contributed by atoms with Crippen molar-refractivity contribution in [1.82, 2.24) is 15.2 Å². The predicted octanol–water partition coefficient (Wildman–Crippen LogP) is 3.31. The summed E-state index contributed by atoms with van der Waals surface area (Å²) in [7, 11) is 1.64. The van der Waals surface area contributed by atoms with Gasteiger partial charge in [-0.25, -0.2) is 9.80 Å². The Kier molecular flexibility index (Phi) is 7.02. The number of carbonyl (C=O) groups is 3. The molecule has 2 aromatic carbocycles. The van der Waals surface area contributed by atoms with E-state index in [2.05, 4.69) is 26.3 Å². The summed E-state index contributed by atoms with van der Waals surface area (Å²) in [4.78, 5) is 39.9. The number of carboxylic acid groups (broad SMARTS) is 1. The molecule has 2 N–H and O–H groups in total. The molecule has 0 radical (unpaired) electrons. The fraction of sp³-hybridized carbons (Fsp3) is 0.360. The van der Waals surface area contributed by atoms with Crippen molar-refractivity contribution in [3.63, 3.8) is 0 Å². The Hall–Kier alpha value is -3.20. The van der Waals surface area contributed by atoms with Crippen LogP contribution in [0.15, 0.2) is 64.2 Å². The second-order valence-corrected chi connectivity index (χ2v) is 9.62. The van der Waals surface area contributed by atoms with Gasteiger partial charge in [0.1, 0.15) is 11.5 Å². The Morgan fingerprint density at radius 1 is 1.18 bits per heavy atom. The minimum absolute atomic E-state index is 0.139. The topological polar surface area (TPSA) is 102 Å². The van der Waals surface area contributed by atoms with Crippen LogP contribution >= 0.6 is 15.9 Å². The zero-order valence-electron chi connectivity index (χ0n) is 18.9. The highest BCUT2D eigenvalue weighted by Gasteiger charge is 2.53. The van der Waals surface area contributed by atoms with Crippen LogP contribution < -0.4 is 5.32 Å². The van der Waals surface area contributed by atoms with E-state index >= 15 is 0 Å². The number of nitrogens with zero attached hydrogens (tertiary/aromatic N) is 3. The van der Waals surface area contributed by atoms with Gasteiger partial charge in [0, 0.05) is 31.0 Å². The highest BCUT2D eigenvalue weighted by atomic mass is 79.9. The molecular formula is C25H27BrN4O4. The van der Waals surface area contributed by atoms with Crippen molar-refractivity contribution in [3.8, 4) is 0 Å². The highest BCUT2D eigenvalue weighted by molar-refractivity contribution is 9.10. The Morgan fingerprint density at radius 3 is 2.59 bits per heavy atom. The molecule has 0 aromatic heterocycles. The molecule has 3 amide bonds. The summed E-state index contributed by atoms with van der Waals surface area (Å²) in [5.74, 6) is -0.455. The van der Waals surface area contributed by atoms with E-state index in [-0.39, 0.29) is 18.4 Å². The van der Waals surface area contributed by atoms with E-state index in [0.717, 1.165) is 21.3 Å². The highest BCUT2D eigenvalue weighted by Crippen LogP contribution is 2.38. The molecule has 2 aliphatic rings. The second-order valence-electron chi connectivity index (χ2n) is 8.76. The van der Waals surface area contributed by atoms with Crippen LogP contribution in [0.1, 0.15) is 24.0 Å². The smallest absolute Gasteiger partial charge is 0.405 e. The molecule has 2 heterocycles. The van der Waals surface area contributed by atoms with Gasteiger partial charge < -0.3 is 15.3 Å². The molecule has 34 heavy (non-hydrogen) atoms. The molecule has 2 atom stereocenters. The van der Waals surface area contributed by atoms with Crippen molar-refractivity contribution < 1.29 is 19.5 Å². The molecule has 9 heteroatoms. The average Bonchev–Trinajstić information content (AvgIpc) is 3.06. The molecule has 0 spiro atoms. The first-order valence-electron chi connectivity index (χ1n) is 11.2. The van der Waals surface area contributed by atoms with Gasteiger partial charge in [-0.2, -0.15) is 5.10 Å². The molecule has 8 nitrogen and oxygen atoms in total. The molecule has 2 aliphatic heterocycles. The lowest BCUT2D eigenvalue weighted by atomic mass is 9.73. The number of benzene rings is 2. The van der Waals surface area contributed by atoms with Gasteiger partial charge >= 0.3 is 6.09 Å². The maximum Gasteiger partial charge on any atom is 0.405 e. The van der Waals surface area contributed by atoms with Gasteiger partial charge in [0.15, 0.2) is 0 Å². The van der Waals surface area contributed by atoms with Crippen LogP contribution in [0, 0.1) is 5.41 Å². The first kappa shape index (κ1) is 23.9. The number of halogens is 1. The number of hydrogen-bond acceptors (Lipinski definition) is 4. The van der Waals surface area contributed by atoms with E-state index in [1.165, 1.54) is 5.01 Å². The maximum absolute atomic E-state index is 13.5. The Balaban J connectivity index is 1.56. The lowest BCUT2D eigenvalue weighted by Crippen LogP contribution is -2.58. The average molecular weight is 527 g/mol. The van der Waals surface area contributed by atoms with Gasteiger partial charge in [-0.3, -0.25) is 9.59 Å². The summed E-state index contributed by atoms with van der Waals surface area (Å²) < 4.78 is 0.914. The lowest BCUT2D eigenvalue weighted by Gasteiger charge is -2.40. The number of fused-ring (bicyclic) bond motifs is 1. The normalized spacial score (nSPS) is 20.5. The molecule has 1 saturated heterocycles. The number of rotatable bonds is 7. The van der Waals surface area contributed by atoms with E-state index in [1.807, 2.05) is 54.6 Å². The summed E-state index contributed by atoms with van der Waals surface area (Å²) >= 11 is 3.51. The number of amides is 3. The van der Waals surface area contributed by atoms with Crippen LogP contribution in [0.25, 0.3) is 0 Å². The summed E-state index contributed by atoms with van der Waals surface area (Å²) in [6.07, 6.45) is 0.493. The molecule has 0 saturated carbocycles. The van der Waals surface area contributed by atoms with Crippen LogP contribution in [0.4, 0.5) is 4.79 Å². The number of likely N-dealkylation sites (tertiary alicyclic amines) is 1. The van der Waals surface area contributed by atoms with E-state index < -0.39 is 17.6 Å². The monoisotopic (exact) mass is 526 g/mol. The molecule has 2 aromatic rings. The Morgan fingerprint density at radius 2 is 1.88 bits per heavy atom. The minimum Gasteiger partial charge on any atom is -0.465 e. The van der Waals surface area contributed by atoms with Crippen molar-refractivity contribution in [2.24, 2.45) is 10.5 Å². The van der Waals surface area contributed by atoms with Crippen LogP contribution in [0.3, 0.4) is 0 Å². The van der Waals surface area contributed by atoms with Gasteiger partial charge in [0.05, 0.1) is 5.71 Å². The molecular weight excluding hydrogens is 500 g/mol. The largest absolute Gasteiger partial charge is 0.465 e. The van der Waals surface area contributed by atoms with Crippen molar-refractivity contribution in [1.29, 1.82) is 0 Å². The van der Waals surface area contributed by atoms with Crippen LogP contribution in [0.5, 0.6) is 0 Å². The van der Waals surface area contributed by atoms with Crippen molar-refractivity contribution in [2.45, 2.75) is 31.7 Å². The van der Waals surface area contributed by atoms with Crippen molar-refractivity contribution in [3.05, 3.63) is 70.2 Å².